The summed E-state index contributed by atoms with van der Waals surface area (Å²) in [6, 6.07) is 0. The quantitative estimate of drug-likeness (QED) is 0.740. The van der Waals surface area contributed by atoms with Gasteiger partial charge in [-0.05, 0) is 11.8 Å². The van der Waals surface area contributed by atoms with Gasteiger partial charge in [0.25, 0.3) is 0 Å². The summed E-state index contributed by atoms with van der Waals surface area (Å²) in [6.07, 6.45) is 5.19. The average molecular weight is 181 g/mol. The van der Waals surface area contributed by atoms with Gasteiger partial charge >= 0.3 is 0 Å². The third-order valence-electron chi connectivity index (χ3n) is 1.25. The van der Waals surface area contributed by atoms with Crippen molar-refractivity contribution in [2.24, 2.45) is 7.05 Å². The van der Waals surface area contributed by atoms with Gasteiger partial charge in [-0.1, -0.05) is 0 Å². The van der Waals surface area contributed by atoms with Crippen molar-refractivity contribution >= 4 is 11.8 Å². The van der Waals surface area contributed by atoms with Crippen LogP contribution in [-0.2, 0) is 7.05 Å². The minimum Gasteiger partial charge on any atom is -0.339 e. The van der Waals surface area contributed by atoms with Crippen molar-refractivity contribution in [3.05, 3.63) is 18.6 Å². The average Bonchev–Trinajstić information content (AvgIpc) is 2.63. The number of H-pyrrole nitrogens is 1. The topological polar surface area (TPSA) is 59.4 Å². The Kier molecular flexibility index (Phi) is 1.83. The summed E-state index contributed by atoms with van der Waals surface area (Å²) in [6.45, 7) is 0. The summed E-state index contributed by atoms with van der Waals surface area (Å²) in [4.78, 5) is 8.54. The van der Waals surface area contributed by atoms with E-state index >= 15 is 0 Å². The zero-order chi connectivity index (χ0) is 8.39. The minimum atomic E-state index is 0.829. The van der Waals surface area contributed by atoms with E-state index in [1.165, 1.54) is 16.6 Å². The number of nitrogens with one attached hydrogen (secondary N) is 1. The van der Waals surface area contributed by atoms with Crippen LogP contribution in [0.2, 0.25) is 0 Å². The molecule has 0 aliphatic carbocycles. The molecule has 0 unspecified atom stereocenters. The fraction of sp³-hybridized carbons (Fsp3) is 0.167. The van der Waals surface area contributed by atoms with Crippen molar-refractivity contribution in [3.63, 3.8) is 0 Å². The molecule has 5 nitrogen and oxygen atoms in total. The zero-order valence-electron chi connectivity index (χ0n) is 6.43. The van der Waals surface area contributed by atoms with E-state index in [1.807, 2.05) is 0 Å². The van der Waals surface area contributed by atoms with Gasteiger partial charge in [0, 0.05) is 19.4 Å². The molecule has 0 aromatic carbocycles. The monoisotopic (exact) mass is 181 g/mol. The molecular formula is C6H7N5S. The second kappa shape index (κ2) is 2.98. The molecule has 6 heteroatoms. The highest BCUT2D eigenvalue weighted by Crippen LogP contribution is 2.20. The molecule has 2 heterocycles. The Morgan fingerprint density at radius 3 is 3.08 bits per heavy atom. The van der Waals surface area contributed by atoms with Crippen LogP contribution < -0.4 is 0 Å². The van der Waals surface area contributed by atoms with Crippen LogP contribution in [-0.4, -0.2) is 25.0 Å². The van der Waals surface area contributed by atoms with Crippen LogP contribution in [0.4, 0.5) is 0 Å². The second-order valence-electron chi connectivity index (χ2n) is 2.17. The minimum absolute atomic E-state index is 0.829. The van der Waals surface area contributed by atoms with Crippen molar-refractivity contribution in [2.45, 2.75) is 10.2 Å². The molecule has 12 heavy (non-hydrogen) atoms. The van der Waals surface area contributed by atoms with Gasteiger partial charge in [0.05, 0.1) is 6.20 Å². The number of aromatic amines is 1. The maximum atomic E-state index is 4.09. The number of aryl methyl sites for hydroxylation is 1. The fourth-order valence-corrected chi connectivity index (χ4v) is 1.48. The van der Waals surface area contributed by atoms with Crippen molar-refractivity contribution in [2.75, 3.05) is 0 Å². The Morgan fingerprint density at radius 1 is 1.58 bits per heavy atom. The zero-order valence-corrected chi connectivity index (χ0v) is 7.25. The predicted molar refractivity (Wildman–Crippen MR) is 43.7 cm³/mol. The van der Waals surface area contributed by atoms with E-state index in [0.717, 1.165) is 10.2 Å². The first-order valence-corrected chi connectivity index (χ1v) is 4.20. The smallest absolute Gasteiger partial charge is 0.171 e. The second-order valence-corrected chi connectivity index (χ2v) is 3.18. The van der Waals surface area contributed by atoms with Gasteiger partial charge < -0.3 is 4.98 Å². The first kappa shape index (κ1) is 7.35. The van der Waals surface area contributed by atoms with Crippen LogP contribution >= 0.6 is 11.8 Å². The Bertz CT molecular complexity index is 352. The number of nitrogens with zero attached hydrogens (tertiary/aromatic N) is 4. The lowest BCUT2D eigenvalue weighted by molar-refractivity contribution is 0.640. The van der Waals surface area contributed by atoms with E-state index in [-0.39, 0.29) is 0 Å². The Morgan fingerprint density at radius 2 is 2.50 bits per heavy atom. The molecule has 0 saturated carbocycles. The summed E-state index contributed by atoms with van der Waals surface area (Å²) in [5.74, 6) is 0. The van der Waals surface area contributed by atoms with Gasteiger partial charge in [0.2, 0.25) is 0 Å². The summed E-state index contributed by atoms with van der Waals surface area (Å²) < 4.78 is 0. The third-order valence-corrected chi connectivity index (χ3v) is 2.07. The summed E-state index contributed by atoms with van der Waals surface area (Å²) >= 11 is 1.45. The van der Waals surface area contributed by atoms with Gasteiger partial charge in [-0.15, -0.1) is 5.10 Å². The van der Waals surface area contributed by atoms with E-state index in [1.54, 1.807) is 25.6 Å². The van der Waals surface area contributed by atoms with E-state index in [9.17, 15) is 0 Å². The molecule has 0 aliphatic rings. The number of rotatable bonds is 2. The highest BCUT2D eigenvalue weighted by molar-refractivity contribution is 7.99. The molecule has 2 aromatic heterocycles. The molecule has 0 spiro atoms. The van der Waals surface area contributed by atoms with Gasteiger partial charge in [-0.2, -0.15) is 9.90 Å². The van der Waals surface area contributed by atoms with Gasteiger partial charge in [-0.25, -0.2) is 4.98 Å². The lowest BCUT2D eigenvalue weighted by atomic mass is 11.0. The number of hydrogen-bond acceptors (Lipinski definition) is 4. The van der Waals surface area contributed by atoms with Crippen LogP contribution in [0.1, 0.15) is 0 Å². The molecule has 0 atom stereocenters. The summed E-state index contributed by atoms with van der Waals surface area (Å²) in [5, 5.41) is 9.70. The maximum absolute atomic E-state index is 4.09. The molecule has 0 radical (unpaired) electrons. The van der Waals surface area contributed by atoms with Crippen molar-refractivity contribution in [1.82, 2.24) is 25.0 Å². The normalized spacial score (nSPS) is 10.4. The molecule has 2 aromatic rings. The molecule has 0 bridgehead atoms. The highest BCUT2D eigenvalue weighted by Gasteiger charge is 2.01. The van der Waals surface area contributed by atoms with Crippen molar-refractivity contribution in [1.29, 1.82) is 0 Å². The third kappa shape index (κ3) is 1.48. The van der Waals surface area contributed by atoms with Crippen LogP contribution in [0.5, 0.6) is 0 Å². The van der Waals surface area contributed by atoms with Crippen LogP contribution in [0.3, 0.4) is 0 Å². The molecular weight excluding hydrogens is 174 g/mol. The number of imidazole rings is 1. The van der Waals surface area contributed by atoms with Gasteiger partial charge in [-0.3, -0.25) is 0 Å². The molecule has 1 N–H and O–H groups in total. The van der Waals surface area contributed by atoms with Crippen LogP contribution in [0.15, 0.2) is 28.8 Å². The van der Waals surface area contributed by atoms with Crippen LogP contribution in [0, 0.1) is 0 Å². The predicted octanol–water partition coefficient (Wildman–Crippen LogP) is 0.689. The van der Waals surface area contributed by atoms with E-state index in [2.05, 4.69) is 20.2 Å². The largest absolute Gasteiger partial charge is 0.339 e. The van der Waals surface area contributed by atoms with Crippen molar-refractivity contribution in [3.8, 4) is 0 Å². The summed E-state index contributed by atoms with van der Waals surface area (Å²) in [7, 11) is 1.78. The fourth-order valence-electron chi connectivity index (χ4n) is 0.780. The maximum Gasteiger partial charge on any atom is 0.171 e. The van der Waals surface area contributed by atoms with Gasteiger partial charge in [0.1, 0.15) is 5.03 Å². The Labute approximate surface area is 73.2 Å². The first-order valence-electron chi connectivity index (χ1n) is 3.38. The molecule has 0 aliphatic heterocycles. The van der Waals surface area contributed by atoms with Crippen LogP contribution in [0.25, 0.3) is 0 Å². The molecule has 2 rings (SSSR count). The van der Waals surface area contributed by atoms with E-state index in [0.29, 0.717) is 0 Å². The van der Waals surface area contributed by atoms with E-state index < -0.39 is 0 Å². The SMILES string of the molecule is Cn1ncc(Sc2ncc[nH]2)n1. The van der Waals surface area contributed by atoms with Crippen molar-refractivity contribution < 1.29 is 0 Å². The van der Waals surface area contributed by atoms with E-state index in [4.69, 9.17) is 0 Å². The standard InChI is InChI=1S/C6H7N5S/c1-11-9-4-5(10-11)12-6-7-2-3-8-6/h2-4H,1H3,(H,7,8). The molecule has 0 amide bonds. The Hall–Kier alpha value is -1.30. The lowest BCUT2D eigenvalue weighted by Gasteiger charge is -1.88. The molecule has 62 valence electrons. The molecule has 0 saturated heterocycles. The lowest BCUT2D eigenvalue weighted by Crippen LogP contribution is -1.91. The number of hydrogen-bond donors (Lipinski definition) is 1. The molecule has 0 fully saturated rings. The highest BCUT2D eigenvalue weighted by atomic mass is 32.2. The van der Waals surface area contributed by atoms with Gasteiger partial charge in [0.15, 0.2) is 5.16 Å². The summed E-state index contributed by atoms with van der Waals surface area (Å²) in [5.41, 5.74) is 0. The Balaban J connectivity index is 2.14. The number of aromatic nitrogens is 5. The first-order chi connectivity index (χ1) is 5.84.